The minimum absolute atomic E-state index is 0.489. The summed E-state index contributed by atoms with van der Waals surface area (Å²) in [5, 5.41) is 3.82. The van der Waals surface area contributed by atoms with Crippen molar-refractivity contribution in [2.24, 2.45) is 0 Å². The van der Waals surface area contributed by atoms with E-state index in [1.807, 2.05) is 17.5 Å². The highest BCUT2D eigenvalue weighted by Crippen LogP contribution is 2.26. The van der Waals surface area contributed by atoms with Crippen LogP contribution in [0.25, 0.3) is 5.65 Å². The van der Waals surface area contributed by atoms with Gasteiger partial charge in [-0.1, -0.05) is 11.6 Å². The summed E-state index contributed by atoms with van der Waals surface area (Å²) in [7, 11) is 0. The highest BCUT2D eigenvalue weighted by atomic mass is 35.5. The fourth-order valence-corrected chi connectivity index (χ4v) is 1.80. The second kappa shape index (κ2) is 3.10. The van der Waals surface area contributed by atoms with Crippen molar-refractivity contribution in [1.29, 1.82) is 0 Å². The van der Waals surface area contributed by atoms with Crippen LogP contribution in [-0.4, -0.2) is 20.4 Å². The number of imidazole rings is 1. The summed E-state index contributed by atoms with van der Waals surface area (Å²) in [6.07, 6.45) is 6.13. The lowest BCUT2D eigenvalue weighted by molar-refractivity contribution is 1.07. The summed E-state index contributed by atoms with van der Waals surface area (Å²) >= 11 is 5.94. The molecular weight excluding hydrogens is 212 g/mol. The van der Waals surface area contributed by atoms with Crippen molar-refractivity contribution in [2.45, 2.75) is 25.8 Å². The van der Waals surface area contributed by atoms with Crippen LogP contribution >= 0.6 is 11.6 Å². The molecule has 2 heterocycles. The van der Waals surface area contributed by atoms with Gasteiger partial charge in [-0.2, -0.15) is 0 Å². The third-order valence-electron chi connectivity index (χ3n) is 2.45. The Labute approximate surface area is 92.3 Å². The summed E-state index contributed by atoms with van der Waals surface area (Å²) in [5.41, 5.74) is 1.82. The molecule has 0 bridgehead atoms. The molecule has 0 amide bonds. The van der Waals surface area contributed by atoms with Gasteiger partial charge in [-0.3, -0.25) is 0 Å². The second-order valence-corrected chi connectivity index (χ2v) is 4.33. The van der Waals surface area contributed by atoms with Crippen LogP contribution in [0, 0.1) is 6.92 Å². The Kier molecular flexibility index (Phi) is 1.85. The first-order valence-electron chi connectivity index (χ1n) is 5.01. The number of hydrogen-bond donors (Lipinski definition) is 1. The molecule has 1 saturated carbocycles. The molecule has 3 rings (SSSR count). The molecule has 1 aliphatic carbocycles. The van der Waals surface area contributed by atoms with E-state index < -0.39 is 0 Å². The molecule has 78 valence electrons. The zero-order valence-corrected chi connectivity index (χ0v) is 9.12. The number of hydrogen-bond acceptors (Lipinski definition) is 3. The molecule has 1 fully saturated rings. The monoisotopic (exact) mass is 222 g/mol. The molecule has 0 aliphatic heterocycles. The van der Waals surface area contributed by atoms with Crippen LogP contribution in [0.1, 0.15) is 18.5 Å². The number of fused-ring (bicyclic) bond motifs is 1. The van der Waals surface area contributed by atoms with E-state index in [9.17, 15) is 0 Å². The van der Waals surface area contributed by atoms with Crippen molar-refractivity contribution in [3.8, 4) is 0 Å². The highest BCUT2D eigenvalue weighted by Gasteiger charge is 2.23. The van der Waals surface area contributed by atoms with Crippen molar-refractivity contribution in [3.05, 3.63) is 23.2 Å². The van der Waals surface area contributed by atoms with E-state index in [2.05, 4.69) is 15.3 Å². The Morgan fingerprint density at radius 2 is 2.20 bits per heavy atom. The molecule has 0 atom stereocenters. The summed E-state index contributed by atoms with van der Waals surface area (Å²) in [6, 6.07) is 0.553. The van der Waals surface area contributed by atoms with Crippen LogP contribution in [0.4, 0.5) is 5.82 Å². The molecule has 2 aromatic heterocycles. The van der Waals surface area contributed by atoms with E-state index in [0.29, 0.717) is 11.2 Å². The van der Waals surface area contributed by atoms with Crippen molar-refractivity contribution in [2.75, 3.05) is 5.32 Å². The standard InChI is InChI=1S/C10H11ClN4/c1-6-4-15-5-8(11)14-9(10(15)12-6)13-7-2-3-7/h4-5,7H,2-3H2,1H3,(H,13,14). The van der Waals surface area contributed by atoms with E-state index in [1.54, 1.807) is 6.20 Å². The molecule has 4 nitrogen and oxygen atoms in total. The van der Waals surface area contributed by atoms with Crippen LogP contribution in [0.15, 0.2) is 12.4 Å². The number of nitrogens with zero attached hydrogens (tertiary/aromatic N) is 3. The molecule has 0 spiro atoms. The number of nitrogens with one attached hydrogen (secondary N) is 1. The van der Waals surface area contributed by atoms with Crippen molar-refractivity contribution in [3.63, 3.8) is 0 Å². The Morgan fingerprint density at radius 1 is 1.40 bits per heavy atom. The van der Waals surface area contributed by atoms with E-state index >= 15 is 0 Å². The number of halogens is 1. The van der Waals surface area contributed by atoms with Gasteiger partial charge >= 0.3 is 0 Å². The van der Waals surface area contributed by atoms with Gasteiger partial charge in [0.05, 0.1) is 5.69 Å². The summed E-state index contributed by atoms with van der Waals surface area (Å²) < 4.78 is 1.91. The topological polar surface area (TPSA) is 42.2 Å². The smallest absolute Gasteiger partial charge is 0.180 e. The SMILES string of the molecule is Cc1cn2cc(Cl)nc(NC3CC3)c2n1. The zero-order valence-electron chi connectivity index (χ0n) is 8.37. The zero-order chi connectivity index (χ0) is 10.4. The molecule has 2 aromatic rings. The van der Waals surface area contributed by atoms with Gasteiger partial charge < -0.3 is 9.72 Å². The maximum atomic E-state index is 5.94. The Morgan fingerprint density at radius 3 is 2.93 bits per heavy atom. The summed E-state index contributed by atoms with van der Waals surface area (Å²) in [5.74, 6) is 0.790. The van der Waals surface area contributed by atoms with Gasteiger partial charge in [0.15, 0.2) is 11.5 Å². The first-order chi connectivity index (χ1) is 7.22. The van der Waals surface area contributed by atoms with E-state index in [4.69, 9.17) is 11.6 Å². The van der Waals surface area contributed by atoms with Crippen LogP contribution < -0.4 is 5.32 Å². The lowest BCUT2D eigenvalue weighted by Crippen LogP contribution is -2.05. The van der Waals surface area contributed by atoms with E-state index in [-0.39, 0.29) is 0 Å². The van der Waals surface area contributed by atoms with Gasteiger partial charge in [0, 0.05) is 18.4 Å². The number of rotatable bonds is 2. The largest absolute Gasteiger partial charge is 0.364 e. The quantitative estimate of drug-likeness (QED) is 0.848. The Balaban J connectivity index is 2.15. The average Bonchev–Trinajstić information content (AvgIpc) is 2.87. The van der Waals surface area contributed by atoms with Crippen LogP contribution in [0.5, 0.6) is 0 Å². The van der Waals surface area contributed by atoms with Crippen molar-refractivity contribution >= 4 is 23.1 Å². The maximum absolute atomic E-state index is 5.94. The highest BCUT2D eigenvalue weighted by molar-refractivity contribution is 6.29. The maximum Gasteiger partial charge on any atom is 0.180 e. The molecule has 0 saturated heterocycles. The summed E-state index contributed by atoms with van der Waals surface area (Å²) in [4.78, 5) is 8.68. The van der Waals surface area contributed by atoms with Gasteiger partial charge in [0.25, 0.3) is 0 Å². The molecule has 1 aliphatic rings. The minimum atomic E-state index is 0.489. The molecule has 0 aromatic carbocycles. The minimum Gasteiger partial charge on any atom is -0.364 e. The predicted molar refractivity (Wildman–Crippen MR) is 59.4 cm³/mol. The van der Waals surface area contributed by atoms with Gasteiger partial charge in [0.2, 0.25) is 0 Å². The third kappa shape index (κ3) is 1.65. The van der Waals surface area contributed by atoms with Gasteiger partial charge in [-0.15, -0.1) is 0 Å². The lowest BCUT2D eigenvalue weighted by Gasteiger charge is -2.05. The predicted octanol–water partition coefficient (Wildman–Crippen LogP) is 2.27. The molecule has 5 heteroatoms. The molecule has 15 heavy (non-hydrogen) atoms. The second-order valence-electron chi connectivity index (χ2n) is 3.94. The number of aromatic nitrogens is 3. The fraction of sp³-hybridized carbons (Fsp3) is 0.400. The van der Waals surface area contributed by atoms with E-state index in [0.717, 1.165) is 17.2 Å². The number of aryl methyl sites for hydroxylation is 1. The molecular formula is C10H11ClN4. The van der Waals surface area contributed by atoms with Gasteiger partial charge in [-0.05, 0) is 19.8 Å². The van der Waals surface area contributed by atoms with Crippen LogP contribution in [0.3, 0.4) is 0 Å². The third-order valence-corrected chi connectivity index (χ3v) is 2.63. The first kappa shape index (κ1) is 8.97. The van der Waals surface area contributed by atoms with Crippen LogP contribution in [-0.2, 0) is 0 Å². The summed E-state index contributed by atoms with van der Waals surface area (Å²) in [6.45, 7) is 1.96. The molecule has 1 N–H and O–H groups in total. The lowest BCUT2D eigenvalue weighted by atomic mass is 10.5. The van der Waals surface area contributed by atoms with Crippen LogP contribution in [0.2, 0.25) is 5.15 Å². The number of anilines is 1. The van der Waals surface area contributed by atoms with Crippen molar-refractivity contribution in [1.82, 2.24) is 14.4 Å². The Bertz CT molecular complexity index is 515. The fourth-order valence-electron chi connectivity index (χ4n) is 1.61. The van der Waals surface area contributed by atoms with Crippen molar-refractivity contribution < 1.29 is 0 Å². The van der Waals surface area contributed by atoms with Gasteiger partial charge in [0.1, 0.15) is 5.15 Å². The molecule has 0 radical (unpaired) electrons. The first-order valence-corrected chi connectivity index (χ1v) is 5.38. The van der Waals surface area contributed by atoms with Gasteiger partial charge in [-0.25, -0.2) is 9.97 Å². The normalized spacial score (nSPS) is 15.9. The van der Waals surface area contributed by atoms with E-state index in [1.165, 1.54) is 12.8 Å². The Hall–Kier alpha value is -1.29. The molecule has 0 unspecified atom stereocenters. The average molecular weight is 223 g/mol.